The van der Waals surface area contributed by atoms with E-state index < -0.39 is 6.10 Å². The number of hydrogen-bond donors (Lipinski definition) is 2. The molecule has 0 bridgehead atoms. The zero-order valence-electron chi connectivity index (χ0n) is 31.2. The Labute approximate surface area is 284 Å². The van der Waals surface area contributed by atoms with E-state index in [-0.39, 0.29) is 11.9 Å². The smallest absolute Gasteiger partial charge is 0.220 e. The first kappa shape index (κ1) is 44.2. The third kappa shape index (κ3) is 35.9. The zero-order valence-corrected chi connectivity index (χ0v) is 31.2. The van der Waals surface area contributed by atoms with E-state index in [2.05, 4.69) is 25.2 Å². The van der Waals surface area contributed by atoms with Crippen LogP contribution in [0.15, 0.2) is 12.2 Å². The lowest BCUT2D eigenvalue weighted by Gasteiger charge is -2.17. The molecule has 0 spiro atoms. The molecule has 3 heteroatoms. The number of unbranched alkanes of at least 4 members (excludes halogenated alkanes) is 31. The quantitative estimate of drug-likeness (QED) is 0.0528. The number of carbonyl (C=O) groups is 1. The van der Waals surface area contributed by atoms with Crippen molar-refractivity contribution in [1.29, 1.82) is 0 Å². The van der Waals surface area contributed by atoms with Crippen LogP contribution in [0, 0.1) is 0 Å². The number of allylic oxidation sites excluding steroid dienone is 1. The van der Waals surface area contributed by atoms with Gasteiger partial charge in [0.25, 0.3) is 0 Å². The fourth-order valence-corrected chi connectivity index (χ4v) is 6.46. The molecule has 0 aliphatic carbocycles. The third-order valence-corrected chi connectivity index (χ3v) is 9.72. The molecule has 0 radical (unpaired) electrons. The second-order valence-corrected chi connectivity index (χ2v) is 14.4. The second kappa shape index (κ2) is 37.6. The van der Waals surface area contributed by atoms with E-state index in [9.17, 15) is 9.90 Å². The van der Waals surface area contributed by atoms with Crippen LogP contribution in [0.5, 0.6) is 0 Å². The Morgan fingerprint density at radius 2 is 0.778 bits per heavy atom. The molecule has 268 valence electrons. The maximum atomic E-state index is 12.3. The molecule has 0 aliphatic heterocycles. The Morgan fingerprint density at radius 3 is 1.11 bits per heavy atom. The van der Waals surface area contributed by atoms with Crippen molar-refractivity contribution < 1.29 is 9.90 Å². The number of amides is 1. The van der Waals surface area contributed by atoms with Crippen molar-refractivity contribution in [1.82, 2.24) is 5.32 Å². The van der Waals surface area contributed by atoms with E-state index in [1.807, 2.05) is 13.0 Å². The fraction of sp³-hybridized carbons (Fsp3) is 0.929. The lowest BCUT2D eigenvalue weighted by Crippen LogP contribution is -2.40. The van der Waals surface area contributed by atoms with E-state index >= 15 is 0 Å². The summed E-state index contributed by atoms with van der Waals surface area (Å²) in [4.78, 5) is 12.3. The molecule has 2 N–H and O–H groups in total. The number of rotatable bonds is 37. The molecule has 0 aromatic carbocycles. The first-order chi connectivity index (χ1) is 22.1. The molecule has 0 saturated carbocycles. The molecular weight excluding hydrogens is 550 g/mol. The number of nitrogens with one attached hydrogen (secondary N) is 1. The van der Waals surface area contributed by atoms with E-state index in [0.29, 0.717) is 6.42 Å². The summed E-state index contributed by atoms with van der Waals surface area (Å²) in [5.74, 6) is 0.0816. The van der Waals surface area contributed by atoms with Crippen LogP contribution in [-0.4, -0.2) is 23.2 Å². The van der Waals surface area contributed by atoms with Crippen molar-refractivity contribution in [3.8, 4) is 0 Å². The Kier molecular flexibility index (Phi) is 36.9. The lowest BCUT2D eigenvalue weighted by molar-refractivity contribution is -0.122. The van der Waals surface area contributed by atoms with Crippen molar-refractivity contribution in [2.75, 3.05) is 0 Å². The molecule has 0 aliphatic rings. The van der Waals surface area contributed by atoms with Gasteiger partial charge in [-0.2, -0.15) is 0 Å². The Morgan fingerprint density at radius 1 is 0.489 bits per heavy atom. The van der Waals surface area contributed by atoms with Crippen molar-refractivity contribution in [3.63, 3.8) is 0 Å². The molecule has 2 atom stereocenters. The van der Waals surface area contributed by atoms with Gasteiger partial charge in [0.1, 0.15) is 0 Å². The molecule has 0 fully saturated rings. The van der Waals surface area contributed by atoms with Crippen molar-refractivity contribution >= 4 is 5.91 Å². The van der Waals surface area contributed by atoms with Crippen LogP contribution in [-0.2, 0) is 4.79 Å². The first-order valence-electron chi connectivity index (χ1n) is 20.8. The Hall–Kier alpha value is -0.830. The van der Waals surface area contributed by atoms with Crippen LogP contribution < -0.4 is 5.32 Å². The minimum Gasteiger partial charge on any atom is -0.387 e. The van der Waals surface area contributed by atoms with Gasteiger partial charge in [0.2, 0.25) is 5.91 Å². The summed E-state index contributed by atoms with van der Waals surface area (Å²) in [6.45, 7) is 6.48. The van der Waals surface area contributed by atoms with Gasteiger partial charge in [-0.3, -0.25) is 4.79 Å². The van der Waals surface area contributed by atoms with Gasteiger partial charge in [0, 0.05) is 6.42 Å². The van der Waals surface area contributed by atoms with Gasteiger partial charge in [-0.25, -0.2) is 0 Å². The van der Waals surface area contributed by atoms with E-state index in [1.54, 1.807) is 0 Å². The molecule has 2 unspecified atom stereocenters. The molecule has 0 saturated heterocycles. The Bertz CT molecular complexity index is 604. The summed E-state index contributed by atoms with van der Waals surface area (Å²) in [7, 11) is 0. The lowest BCUT2D eigenvalue weighted by atomic mass is 10.0. The van der Waals surface area contributed by atoms with Crippen LogP contribution >= 0.6 is 0 Å². The second-order valence-electron chi connectivity index (χ2n) is 14.4. The predicted octanol–water partition coefficient (Wildman–Crippen LogP) is 13.7. The highest BCUT2D eigenvalue weighted by Gasteiger charge is 2.13. The van der Waals surface area contributed by atoms with Gasteiger partial charge in [0.15, 0.2) is 0 Å². The summed E-state index contributed by atoms with van der Waals surface area (Å²) >= 11 is 0. The summed E-state index contributed by atoms with van der Waals surface area (Å²) in [6.07, 6.45) is 48.8. The van der Waals surface area contributed by atoms with Crippen LogP contribution in [0.3, 0.4) is 0 Å². The number of carbonyl (C=O) groups excluding carboxylic acids is 1. The van der Waals surface area contributed by atoms with Gasteiger partial charge in [-0.05, 0) is 26.2 Å². The number of aliphatic hydroxyl groups excluding tert-OH is 1. The topological polar surface area (TPSA) is 49.3 Å². The van der Waals surface area contributed by atoms with Gasteiger partial charge >= 0.3 is 0 Å². The van der Waals surface area contributed by atoms with Crippen molar-refractivity contribution in [2.24, 2.45) is 0 Å². The molecular formula is C42H83NO2. The molecule has 0 aromatic heterocycles. The zero-order chi connectivity index (χ0) is 32.9. The van der Waals surface area contributed by atoms with E-state index in [0.717, 1.165) is 19.3 Å². The maximum absolute atomic E-state index is 12.3. The minimum absolute atomic E-state index is 0.0816. The number of hydrogen-bond acceptors (Lipinski definition) is 2. The molecule has 0 rings (SSSR count). The summed E-state index contributed by atoms with van der Waals surface area (Å²) in [5, 5.41) is 13.4. The van der Waals surface area contributed by atoms with Gasteiger partial charge in [-0.1, -0.05) is 219 Å². The standard InChI is InChI=1S/C42H83NO2/c1-4-6-8-10-12-14-16-18-19-20-21-22-23-24-25-27-29-31-33-35-37-39-42(45)43-40(3)41(44)38-36-34-32-30-28-26-17-15-13-11-9-7-5-2/h36,38,40-41,44H,4-35,37,39H2,1-3H3,(H,43,45). The monoisotopic (exact) mass is 634 g/mol. The largest absolute Gasteiger partial charge is 0.387 e. The van der Waals surface area contributed by atoms with Gasteiger partial charge in [0.05, 0.1) is 12.1 Å². The third-order valence-electron chi connectivity index (χ3n) is 9.72. The minimum atomic E-state index is -0.596. The SMILES string of the molecule is CCCCCCCCCCCCCC=CC(O)C(C)NC(=O)CCCCCCCCCCCCCCCCCCCCCCC. The number of aliphatic hydroxyl groups is 1. The van der Waals surface area contributed by atoms with Crippen LogP contribution in [0.25, 0.3) is 0 Å². The molecule has 45 heavy (non-hydrogen) atoms. The van der Waals surface area contributed by atoms with Gasteiger partial charge in [-0.15, -0.1) is 0 Å². The molecule has 0 heterocycles. The predicted molar refractivity (Wildman–Crippen MR) is 201 cm³/mol. The maximum Gasteiger partial charge on any atom is 0.220 e. The average molecular weight is 634 g/mol. The van der Waals surface area contributed by atoms with Crippen LogP contribution in [0.2, 0.25) is 0 Å². The van der Waals surface area contributed by atoms with Crippen molar-refractivity contribution in [3.05, 3.63) is 12.2 Å². The highest BCUT2D eigenvalue weighted by atomic mass is 16.3. The summed E-state index contributed by atoms with van der Waals surface area (Å²) in [5.41, 5.74) is 0. The molecule has 1 amide bonds. The Balaban J connectivity index is 3.41. The highest BCUT2D eigenvalue weighted by molar-refractivity contribution is 5.76. The molecule has 3 nitrogen and oxygen atoms in total. The average Bonchev–Trinajstić information content (AvgIpc) is 3.03. The van der Waals surface area contributed by atoms with Crippen molar-refractivity contribution in [2.45, 2.75) is 251 Å². The first-order valence-corrected chi connectivity index (χ1v) is 20.8. The highest BCUT2D eigenvalue weighted by Crippen LogP contribution is 2.16. The summed E-state index contributed by atoms with van der Waals surface area (Å²) < 4.78 is 0. The van der Waals surface area contributed by atoms with Gasteiger partial charge < -0.3 is 10.4 Å². The van der Waals surface area contributed by atoms with E-state index in [1.165, 1.54) is 193 Å². The summed E-state index contributed by atoms with van der Waals surface area (Å²) in [6, 6.07) is -0.221. The van der Waals surface area contributed by atoms with E-state index in [4.69, 9.17) is 0 Å². The fourth-order valence-electron chi connectivity index (χ4n) is 6.46. The molecule has 0 aromatic rings. The van der Waals surface area contributed by atoms with Crippen LogP contribution in [0.4, 0.5) is 0 Å². The normalized spacial score (nSPS) is 13.1. The van der Waals surface area contributed by atoms with Crippen LogP contribution in [0.1, 0.15) is 239 Å².